The standard InChI is InChI=1S/C10H8ClF4NOS/c1-16(9(17)10(13,14)15)5-6-4-7(12)2-3-8(6)18-11/h2-4H,5H2,1H3. The molecule has 0 aromatic heterocycles. The van der Waals surface area contributed by atoms with Gasteiger partial charge in [0.1, 0.15) is 5.82 Å². The van der Waals surface area contributed by atoms with Gasteiger partial charge in [-0.1, -0.05) is 0 Å². The highest BCUT2D eigenvalue weighted by atomic mass is 35.7. The molecule has 0 aliphatic carbocycles. The molecule has 1 aromatic rings. The first kappa shape index (κ1) is 15.1. The average molecular weight is 302 g/mol. The topological polar surface area (TPSA) is 20.3 Å². The minimum Gasteiger partial charge on any atom is -0.334 e. The van der Waals surface area contributed by atoms with Gasteiger partial charge < -0.3 is 4.90 Å². The lowest BCUT2D eigenvalue weighted by Gasteiger charge is -2.19. The van der Waals surface area contributed by atoms with E-state index in [9.17, 15) is 22.4 Å². The van der Waals surface area contributed by atoms with Crippen LogP contribution in [-0.2, 0) is 11.3 Å². The van der Waals surface area contributed by atoms with E-state index in [4.69, 9.17) is 10.7 Å². The van der Waals surface area contributed by atoms with Crippen molar-refractivity contribution in [3.05, 3.63) is 29.6 Å². The Labute approximate surface area is 109 Å². The lowest BCUT2D eigenvalue weighted by atomic mass is 10.2. The zero-order chi connectivity index (χ0) is 13.9. The van der Waals surface area contributed by atoms with E-state index < -0.39 is 17.9 Å². The Bertz CT molecular complexity index is 452. The van der Waals surface area contributed by atoms with Crippen LogP contribution in [0.1, 0.15) is 5.56 Å². The van der Waals surface area contributed by atoms with E-state index >= 15 is 0 Å². The third-order valence-corrected chi connectivity index (χ3v) is 3.17. The van der Waals surface area contributed by atoms with Crippen molar-refractivity contribution in [3.63, 3.8) is 0 Å². The molecular weight excluding hydrogens is 294 g/mol. The molecule has 0 radical (unpaired) electrons. The fourth-order valence-electron chi connectivity index (χ4n) is 1.29. The van der Waals surface area contributed by atoms with E-state index in [1.54, 1.807) is 0 Å². The molecule has 0 N–H and O–H groups in total. The fourth-order valence-corrected chi connectivity index (χ4v) is 2.08. The number of carbonyl (C=O) groups is 1. The van der Waals surface area contributed by atoms with Crippen LogP contribution in [0.3, 0.4) is 0 Å². The summed E-state index contributed by atoms with van der Waals surface area (Å²) in [4.78, 5) is 11.8. The molecule has 0 aliphatic rings. The summed E-state index contributed by atoms with van der Waals surface area (Å²) in [6, 6.07) is 3.53. The molecule has 1 amide bonds. The van der Waals surface area contributed by atoms with Gasteiger partial charge in [0, 0.05) is 18.5 Å². The SMILES string of the molecule is CN(Cc1cc(F)ccc1SCl)C(=O)C(F)(F)F. The maximum atomic E-state index is 13.0. The summed E-state index contributed by atoms with van der Waals surface area (Å²) >= 11 is 0. The monoisotopic (exact) mass is 301 g/mol. The Morgan fingerprint density at radius 3 is 2.56 bits per heavy atom. The van der Waals surface area contributed by atoms with Gasteiger partial charge in [-0.15, -0.1) is 0 Å². The molecule has 0 unspecified atom stereocenters. The Balaban J connectivity index is 2.91. The molecule has 0 heterocycles. The van der Waals surface area contributed by atoms with Crippen LogP contribution in [-0.4, -0.2) is 24.0 Å². The normalized spacial score (nSPS) is 11.4. The first-order chi connectivity index (χ1) is 8.25. The minimum atomic E-state index is -4.95. The lowest BCUT2D eigenvalue weighted by molar-refractivity contribution is -0.184. The number of hydrogen-bond acceptors (Lipinski definition) is 2. The average Bonchev–Trinajstić information content (AvgIpc) is 2.27. The third kappa shape index (κ3) is 3.78. The van der Waals surface area contributed by atoms with Gasteiger partial charge in [-0.2, -0.15) is 13.2 Å². The summed E-state index contributed by atoms with van der Waals surface area (Å²) < 4.78 is 49.5. The van der Waals surface area contributed by atoms with Gasteiger partial charge in [0.05, 0.1) is 0 Å². The smallest absolute Gasteiger partial charge is 0.334 e. The Morgan fingerprint density at radius 1 is 1.44 bits per heavy atom. The maximum Gasteiger partial charge on any atom is 0.471 e. The zero-order valence-electron chi connectivity index (χ0n) is 9.09. The number of halogens is 5. The van der Waals surface area contributed by atoms with Crippen molar-refractivity contribution >= 4 is 27.6 Å². The van der Waals surface area contributed by atoms with Gasteiger partial charge in [-0.3, -0.25) is 4.79 Å². The molecule has 0 aliphatic heterocycles. The number of amides is 1. The van der Waals surface area contributed by atoms with Crippen LogP contribution >= 0.6 is 21.7 Å². The van der Waals surface area contributed by atoms with Gasteiger partial charge >= 0.3 is 12.1 Å². The van der Waals surface area contributed by atoms with Gasteiger partial charge in [-0.25, -0.2) is 4.39 Å². The first-order valence-corrected chi connectivity index (χ1v) is 6.29. The number of hydrogen-bond donors (Lipinski definition) is 0. The van der Waals surface area contributed by atoms with E-state index in [0.717, 1.165) is 30.2 Å². The molecule has 1 aromatic carbocycles. The minimum absolute atomic E-state index is 0.218. The van der Waals surface area contributed by atoms with E-state index in [1.165, 1.54) is 6.07 Å². The van der Waals surface area contributed by atoms with E-state index in [0.29, 0.717) is 9.80 Å². The molecular formula is C10H8ClF4NOS. The van der Waals surface area contributed by atoms with Crippen LogP contribution < -0.4 is 0 Å². The lowest BCUT2D eigenvalue weighted by Crippen LogP contribution is -2.38. The number of nitrogens with zero attached hydrogens (tertiary/aromatic N) is 1. The van der Waals surface area contributed by atoms with Crippen molar-refractivity contribution in [3.8, 4) is 0 Å². The van der Waals surface area contributed by atoms with Crippen LogP contribution in [0.2, 0.25) is 0 Å². The van der Waals surface area contributed by atoms with Gasteiger partial charge in [-0.05, 0) is 45.4 Å². The first-order valence-electron chi connectivity index (χ1n) is 4.65. The van der Waals surface area contributed by atoms with Gasteiger partial charge in [0.2, 0.25) is 0 Å². The summed E-state index contributed by atoms with van der Waals surface area (Å²) in [6.07, 6.45) is -4.95. The fraction of sp³-hybridized carbons (Fsp3) is 0.300. The molecule has 0 bridgehead atoms. The second-order valence-corrected chi connectivity index (χ2v) is 4.55. The molecule has 8 heteroatoms. The van der Waals surface area contributed by atoms with Crippen molar-refractivity contribution in [2.24, 2.45) is 0 Å². The second kappa shape index (κ2) is 5.79. The number of benzene rings is 1. The molecule has 1 rings (SSSR count). The summed E-state index contributed by atoms with van der Waals surface area (Å²) in [5, 5.41) is 0. The number of alkyl halides is 3. The quantitative estimate of drug-likeness (QED) is 0.795. The molecule has 0 saturated heterocycles. The predicted molar refractivity (Wildman–Crippen MR) is 60.6 cm³/mol. The second-order valence-electron chi connectivity index (χ2n) is 3.49. The van der Waals surface area contributed by atoms with Crippen molar-refractivity contribution in [2.45, 2.75) is 17.6 Å². The van der Waals surface area contributed by atoms with Crippen LogP contribution in [0, 0.1) is 5.82 Å². The van der Waals surface area contributed by atoms with Crippen LogP contribution in [0.15, 0.2) is 23.1 Å². The van der Waals surface area contributed by atoms with Crippen molar-refractivity contribution < 1.29 is 22.4 Å². The molecule has 100 valence electrons. The predicted octanol–water partition coefficient (Wildman–Crippen LogP) is 3.59. The van der Waals surface area contributed by atoms with Crippen LogP contribution in [0.25, 0.3) is 0 Å². The highest BCUT2D eigenvalue weighted by molar-refractivity contribution is 8.21. The van der Waals surface area contributed by atoms with Crippen LogP contribution in [0.5, 0.6) is 0 Å². The largest absolute Gasteiger partial charge is 0.471 e. The Hall–Kier alpha value is -0.950. The highest BCUT2D eigenvalue weighted by Gasteiger charge is 2.41. The van der Waals surface area contributed by atoms with Gasteiger partial charge in [0.25, 0.3) is 0 Å². The van der Waals surface area contributed by atoms with E-state index in [2.05, 4.69) is 0 Å². The number of rotatable bonds is 3. The summed E-state index contributed by atoms with van der Waals surface area (Å²) in [5.41, 5.74) is 0.218. The zero-order valence-corrected chi connectivity index (χ0v) is 10.7. The Kier molecular flexibility index (Phi) is 4.86. The van der Waals surface area contributed by atoms with Crippen molar-refractivity contribution in [1.29, 1.82) is 0 Å². The van der Waals surface area contributed by atoms with Crippen molar-refractivity contribution in [1.82, 2.24) is 4.90 Å². The number of carbonyl (C=O) groups excluding carboxylic acids is 1. The molecule has 0 fully saturated rings. The molecule has 0 atom stereocenters. The third-order valence-electron chi connectivity index (χ3n) is 2.10. The summed E-state index contributed by atoms with van der Waals surface area (Å²) in [5.74, 6) is -2.59. The van der Waals surface area contributed by atoms with E-state index in [-0.39, 0.29) is 12.1 Å². The summed E-state index contributed by atoms with van der Waals surface area (Å²) in [7, 11) is 7.25. The highest BCUT2D eigenvalue weighted by Crippen LogP contribution is 2.28. The Morgan fingerprint density at radius 2 is 2.06 bits per heavy atom. The molecule has 0 saturated carbocycles. The van der Waals surface area contributed by atoms with Crippen molar-refractivity contribution in [2.75, 3.05) is 7.05 Å². The maximum absolute atomic E-state index is 13.0. The molecule has 18 heavy (non-hydrogen) atoms. The molecule has 2 nitrogen and oxygen atoms in total. The van der Waals surface area contributed by atoms with Crippen LogP contribution in [0.4, 0.5) is 17.6 Å². The summed E-state index contributed by atoms with van der Waals surface area (Å²) in [6.45, 7) is -0.370. The van der Waals surface area contributed by atoms with Gasteiger partial charge in [0.15, 0.2) is 0 Å². The molecule has 0 spiro atoms. The van der Waals surface area contributed by atoms with E-state index in [1.807, 2.05) is 0 Å².